The van der Waals surface area contributed by atoms with Gasteiger partial charge >= 0.3 is 0 Å². The van der Waals surface area contributed by atoms with Crippen molar-refractivity contribution < 1.29 is 0 Å². The van der Waals surface area contributed by atoms with Gasteiger partial charge in [0.15, 0.2) is 0 Å². The van der Waals surface area contributed by atoms with Crippen molar-refractivity contribution in [1.82, 2.24) is 0 Å². The van der Waals surface area contributed by atoms with E-state index in [2.05, 4.69) is 13.0 Å². The molecule has 0 spiro atoms. The fourth-order valence-electron chi connectivity index (χ4n) is 1.35. The first-order valence-electron chi connectivity index (χ1n) is 4.76. The molecule has 0 aliphatic carbocycles. The summed E-state index contributed by atoms with van der Waals surface area (Å²) in [5, 5.41) is 0.860. The summed E-state index contributed by atoms with van der Waals surface area (Å²) in [6.07, 6.45) is 3.44. The molecule has 0 radical (unpaired) electrons. The first kappa shape index (κ1) is 10.6. The topological polar surface area (TPSA) is 26.0 Å². The Labute approximate surface area is 84.9 Å². The van der Waals surface area contributed by atoms with E-state index in [0.717, 1.165) is 17.0 Å². The molecule has 0 saturated heterocycles. The first-order chi connectivity index (χ1) is 6.29. The SMILES string of the molecule is CCCCc1cccc(CN)c1Cl. The zero-order valence-electron chi connectivity index (χ0n) is 8.02. The van der Waals surface area contributed by atoms with E-state index in [9.17, 15) is 0 Å². The van der Waals surface area contributed by atoms with E-state index in [1.807, 2.05) is 12.1 Å². The summed E-state index contributed by atoms with van der Waals surface area (Å²) in [5.74, 6) is 0. The van der Waals surface area contributed by atoms with Crippen molar-refractivity contribution in [3.63, 3.8) is 0 Å². The lowest BCUT2D eigenvalue weighted by Gasteiger charge is -2.06. The molecule has 0 amide bonds. The summed E-state index contributed by atoms with van der Waals surface area (Å²) in [6.45, 7) is 2.71. The molecule has 0 aliphatic rings. The number of hydrogen-bond acceptors (Lipinski definition) is 1. The zero-order chi connectivity index (χ0) is 9.68. The normalized spacial score (nSPS) is 10.4. The number of hydrogen-bond donors (Lipinski definition) is 1. The number of rotatable bonds is 4. The second kappa shape index (κ2) is 5.25. The lowest BCUT2D eigenvalue weighted by atomic mass is 10.1. The molecule has 1 aromatic rings. The van der Waals surface area contributed by atoms with E-state index in [1.54, 1.807) is 0 Å². The average molecular weight is 198 g/mol. The van der Waals surface area contributed by atoms with E-state index in [1.165, 1.54) is 18.4 Å². The maximum absolute atomic E-state index is 6.16. The molecule has 1 aromatic carbocycles. The molecule has 13 heavy (non-hydrogen) atoms. The van der Waals surface area contributed by atoms with Crippen LogP contribution in [0.2, 0.25) is 5.02 Å². The Kier molecular flexibility index (Phi) is 4.26. The van der Waals surface area contributed by atoms with Crippen LogP contribution in [0.4, 0.5) is 0 Å². The molecule has 0 saturated carbocycles. The maximum atomic E-state index is 6.16. The highest BCUT2D eigenvalue weighted by Gasteiger charge is 2.03. The van der Waals surface area contributed by atoms with Crippen LogP contribution in [0.15, 0.2) is 18.2 Å². The Morgan fingerprint density at radius 2 is 2.00 bits per heavy atom. The van der Waals surface area contributed by atoms with Crippen molar-refractivity contribution in [2.45, 2.75) is 32.7 Å². The van der Waals surface area contributed by atoms with E-state index < -0.39 is 0 Å². The third-order valence-corrected chi connectivity index (χ3v) is 2.66. The van der Waals surface area contributed by atoms with Crippen molar-refractivity contribution in [3.05, 3.63) is 34.3 Å². The van der Waals surface area contributed by atoms with Crippen LogP contribution in [0, 0.1) is 0 Å². The minimum Gasteiger partial charge on any atom is -0.326 e. The number of nitrogens with two attached hydrogens (primary N) is 1. The Morgan fingerprint density at radius 1 is 1.31 bits per heavy atom. The molecule has 0 bridgehead atoms. The summed E-state index contributed by atoms with van der Waals surface area (Å²) in [7, 11) is 0. The molecule has 1 rings (SSSR count). The molecule has 72 valence electrons. The maximum Gasteiger partial charge on any atom is 0.0482 e. The van der Waals surface area contributed by atoms with Gasteiger partial charge in [-0.1, -0.05) is 43.1 Å². The monoisotopic (exact) mass is 197 g/mol. The predicted octanol–water partition coefficient (Wildman–Crippen LogP) is 3.14. The average Bonchev–Trinajstić information content (AvgIpc) is 2.16. The summed E-state index contributed by atoms with van der Waals surface area (Å²) < 4.78 is 0. The molecule has 0 aromatic heterocycles. The van der Waals surface area contributed by atoms with Crippen LogP contribution in [0.5, 0.6) is 0 Å². The van der Waals surface area contributed by atoms with Crippen molar-refractivity contribution >= 4 is 11.6 Å². The van der Waals surface area contributed by atoms with E-state index in [-0.39, 0.29) is 0 Å². The lowest BCUT2D eigenvalue weighted by molar-refractivity contribution is 0.794. The molecule has 0 fully saturated rings. The highest BCUT2D eigenvalue weighted by Crippen LogP contribution is 2.22. The first-order valence-corrected chi connectivity index (χ1v) is 5.13. The molecule has 1 nitrogen and oxygen atoms in total. The lowest BCUT2D eigenvalue weighted by Crippen LogP contribution is -1.99. The summed E-state index contributed by atoms with van der Waals surface area (Å²) in [4.78, 5) is 0. The second-order valence-corrected chi connectivity index (χ2v) is 3.58. The second-order valence-electron chi connectivity index (χ2n) is 3.20. The van der Waals surface area contributed by atoms with Gasteiger partial charge in [0.25, 0.3) is 0 Å². The highest BCUT2D eigenvalue weighted by atomic mass is 35.5. The van der Waals surface area contributed by atoms with Gasteiger partial charge in [0.1, 0.15) is 0 Å². The molecule has 0 atom stereocenters. The number of halogens is 1. The molecular formula is C11H16ClN. The van der Waals surface area contributed by atoms with Gasteiger partial charge < -0.3 is 5.73 Å². The number of unbranched alkanes of at least 4 members (excludes halogenated alkanes) is 1. The van der Waals surface area contributed by atoms with Gasteiger partial charge in [-0.2, -0.15) is 0 Å². The van der Waals surface area contributed by atoms with Gasteiger partial charge in [-0.05, 0) is 24.0 Å². The van der Waals surface area contributed by atoms with Gasteiger partial charge in [-0.3, -0.25) is 0 Å². The van der Waals surface area contributed by atoms with Crippen LogP contribution in [0.1, 0.15) is 30.9 Å². The zero-order valence-corrected chi connectivity index (χ0v) is 8.77. The van der Waals surface area contributed by atoms with Crippen molar-refractivity contribution in [2.75, 3.05) is 0 Å². The van der Waals surface area contributed by atoms with Crippen LogP contribution in [-0.2, 0) is 13.0 Å². The van der Waals surface area contributed by atoms with Crippen LogP contribution in [0.25, 0.3) is 0 Å². The van der Waals surface area contributed by atoms with Gasteiger partial charge in [-0.25, -0.2) is 0 Å². The Morgan fingerprint density at radius 3 is 2.62 bits per heavy atom. The minimum atomic E-state index is 0.527. The highest BCUT2D eigenvalue weighted by molar-refractivity contribution is 6.32. The van der Waals surface area contributed by atoms with Crippen molar-refractivity contribution in [1.29, 1.82) is 0 Å². The smallest absolute Gasteiger partial charge is 0.0482 e. The van der Waals surface area contributed by atoms with Crippen molar-refractivity contribution in [2.24, 2.45) is 5.73 Å². The third-order valence-electron chi connectivity index (χ3n) is 2.18. The van der Waals surface area contributed by atoms with Gasteiger partial charge in [0.05, 0.1) is 0 Å². The predicted molar refractivity (Wildman–Crippen MR) is 58.0 cm³/mol. The molecular weight excluding hydrogens is 182 g/mol. The van der Waals surface area contributed by atoms with Crippen molar-refractivity contribution in [3.8, 4) is 0 Å². The third kappa shape index (κ3) is 2.71. The Balaban J connectivity index is 2.81. The Hall–Kier alpha value is -0.530. The standard InChI is InChI=1S/C11H16ClN/c1-2-3-5-9-6-4-7-10(8-13)11(9)12/h4,6-7H,2-3,5,8,13H2,1H3. The minimum absolute atomic E-state index is 0.527. The Bertz CT molecular complexity index is 271. The summed E-state index contributed by atoms with van der Waals surface area (Å²) in [6, 6.07) is 6.09. The number of aryl methyl sites for hydroxylation is 1. The van der Waals surface area contributed by atoms with Gasteiger partial charge in [0, 0.05) is 11.6 Å². The fraction of sp³-hybridized carbons (Fsp3) is 0.455. The quantitative estimate of drug-likeness (QED) is 0.789. The molecule has 2 heteroatoms. The number of benzene rings is 1. The summed E-state index contributed by atoms with van der Waals surface area (Å²) >= 11 is 6.16. The van der Waals surface area contributed by atoms with Crippen LogP contribution < -0.4 is 5.73 Å². The van der Waals surface area contributed by atoms with E-state index >= 15 is 0 Å². The molecule has 0 heterocycles. The van der Waals surface area contributed by atoms with Crippen LogP contribution >= 0.6 is 11.6 Å². The fourth-order valence-corrected chi connectivity index (χ4v) is 1.65. The molecule has 2 N–H and O–H groups in total. The molecule has 0 unspecified atom stereocenters. The molecule has 0 aliphatic heterocycles. The van der Waals surface area contributed by atoms with Gasteiger partial charge in [-0.15, -0.1) is 0 Å². The largest absolute Gasteiger partial charge is 0.326 e. The van der Waals surface area contributed by atoms with Gasteiger partial charge in [0.2, 0.25) is 0 Å². The van der Waals surface area contributed by atoms with E-state index in [4.69, 9.17) is 17.3 Å². The van der Waals surface area contributed by atoms with Crippen LogP contribution in [-0.4, -0.2) is 0 Å². The van der Waals surface area contributed by atoms with E-state index in [0.29, 0.717) is 6.54 Å². The van der Waals surface area contributed by atoms with Crippen LogP contribution in [0.3, 0.4) is 0 Å². The summed E-state index contributed by atoms with van der Waals surface area (Å²) in [5.41, 5.74) is 7.84.